The van der Waals surface area contributed by atoms with E-state index in [1.54, 1.807) is 13.1 Å². The molecule has 3 N–H and O–H groups in total. The average molecular weight is 566 g/mol. The molecular weight excluding hydrogens is 530 g/mol. The lowest BCUT2D eigenvalue weighted by atomic mass is 9.97. The van der Waals surface area contributed by atoms with Gasteiger partial charge in [-0.15, -0.1) is 0 Å². The Morgan fingerprint density at radius 1 is 1.07 bits per heavy atom. The summed E-state index contributed by atoms with van der Waals surface area (Å²) in [7, 11) is 0. The zero-order chi connectivity index (χ0) is 29.1. The Hall–Kier alpha value is -4.47. The fraction of sp³-hybridized carbons (Fsp3) is 0.303. The van der Waals surface area contributed by atoms with E-state index in [1.165, 1.54) is 0 Å². The zero-order valence-corrected chi connectivity index (χ0v) is 23.7. The predicted molar refractivity (Wildman–Crippen MR) is 163 cm³/mol. The Morgan fingerprint density at radius 2 is 1.95 bits per heavy atom. The van der Waals surface area contributed by atoms with Gasteiger partial charge < -0.3 is 20.3 Å². The van der Waals surface area contributed by atoms with E-state index >= 15 is 0 Å². The SMILES string of the molecule is CCOC(=O)Cc1ccccc1OCc1c2cc(-c3cccc4c(N)nccc34)ccc2nn1[C@H]1CCN(CCO)C1. The number of ether oxygens (including phenoxy) is 2. The number of rotatable bonds is 10. The summed E-state index contributed by atoms with van der Waals surface area (Å²) < 4.78 is 13.7. The number of carbonyl (C=O) groups is 1. The van der Waals surface area contributed by atoms with Crippen molar-refractivity contribution in [1.82, 2.24) is 19.7 Å². The van der Waals surface area contributed by atoms with Crippen LogP contribution in [0.5, 0.6) is 5.75 Å². The summed E-state index contributed by atoms with van der Waals surface area (Å²) in [5.74, 6) is 0.870. The normalized spacial score (nSPS) is 15.4. The summed E-state index contributed by atoms with van der Waals surface area (Å²) >= 11 is 0. The highest BCUT2D eigenvalue weighted by Gasteiger charge is 2.27. The van der Waals surface area contributed by atoms with Crippen molar-refractivity contribution in [2.45, 2.75) is 32.4 Å². The number of aliphatic hydroxyl groups excluding tert-OH is 1. The number of aromatic nitrogens is 3. The van der Waals surface area contributed by atoms with Crippen LogP contribution >= 0.6 is 0 Å². The Bertz CT molecular complexity index is 1730. The molecule has 3 aromatic carbocycles. The molecule has 1 aliphatic rings. The van der Waals surface area contributed by atoms with Gasteiger partial charge in [0.2, 0.25) is 0 Å². The van der Waals surface area contributed by atoms with Crippen molar-refractivity contribution in [3.05, 3.63) is 84.2 Å². The summed E-state index contributed by atoms with van der Waals surface area (Å²) in [6.07, 6.45) is 2.82. The number of esters is 1. The second-order valence-corrected chi connectivity index (χ2v) is 10.6. The second-order valence-electron chi connectivity index (χ2n) is 10.6. The van der Waals surface area contributed by atoms with Crippen molar-refractivity contribution >= 4 is 33.5 Å². The molecule has 6 rings (SSSR count). The van der Waals surface area contributed by atoms with Crippen LogP contribution in [0.2, 0.25) is 0 Å². The van der Waals surface area contributed by atoms with Crippen LogP contribution in [0.3, 0.4) is 0 Å². The molecule has 0 aliphatic carbocycles. The maximum absolute atomic E-state index is 12.2. The van der Waals surface area contributed by atoms with Crippen molar-refractivity contribution in [2.75, 3.05) is 38.6 Å². The molecule has 0 bridgehead atoms. The van der Waals surface area contributed by atoms with Crippen molar-refractivity contribution < 1.29 is 19.4 Å². The van der Waals surface area contributed by atoms with Gasteiger partial charge in [-0.1, -0.05) is 42.5 Å². The Kier molecular flexibility index (Phi) is 8.03. The van der Waals surface area contributed by atoms with Gasteiger partial charge in [-0.2, -0.15) is 5.10 Å². The first-order valence-corrected chi connectivity index (χ1v) is 14.4. The Labute approximate surface area is 244 Å². The van der Waals surface area contributed by atoms with Crippen LogP contribution in [0.25, 0.3) is 32.8 Å². The fourth-order valence-corrected chi connectivity index (χ4v) is 5.91. The third kappa shape index (κ3) is 5.53. The van der Waals surface area contributed by atoms with Gasteiger partial charge in [-0.3, -0.25) is 14.4 Å². The molecule has 0 radical (unpaired) electrons. The van der Waals surface area contributed by atoms with Crippen molar-refractivity contribution in [3.8, 4) is 16.9 Å². The number of β-amino-alcohol motifs (C(OH)–C–C–N with tert-alkyl or cyclic N) is 1. The predicted octanol–water partition coefficient (Wildman–Crippen LogP) is 4.76. The third-order valence-electron chi connectivity index (χ3n) is 7.93. The van der Waals surface area contributed by atoms with E-state index in [4.69, 9.17) is 20.3 Å². The van der Waals surface area contributed by atoms with Crippen LogP contribution in [0.4, 0.5) is 5.82 Å². The van der Waals surface area contributed by atoms with Gasteiger partial charge in [0.05, 0.1) is 36.9 Å². The lowest BCUT2D eigenvalue weighted by Crippen LogP contribution is -2.25. The molecule has 1 atom stereocenters. The monoisotopic (exact) mass is 565 g/mol. The van der Waals surface area contributed by atoms with Crippen LogP contribution in [0.15, 0.2) is 72.9 Å². The number of hydrogen-bond acceptors (Lipinski definition) is 8. The Balaban J connectivity index is 1.40. The molecule has 9 nitrogen and oxygen atoms in total. The van der Waals surface area contributed by atoms with Crippen LogP contribution < -0.4 is 10.5 Å². The maximum Gasteiger partial charge on any atom is 0.310 e. The van der Waals surface area contributed by atoms with Gasteiger partial charge in [0, 0.05) is 42.2 Å². The smallest absolute Gasteiger partial charge is 0.310 e. The van der Waals surface area contributed by atoms with Gasteiger partial charge in [0.25, 0.3) is 0 Å². The van der Waals surface area contributed by atoms with Crippen LogP contribution in [0, 0.1) is 0 Å². The largest absolute Gasteiger partial charge is 0.487 e. The van der Waals surface area contributed by atoms with Gasteiger partial charge >= 0.3 is 5.97 Å². The van der Waals surface area contributed by atoms with Gasteiger partial charge in [0.15, 0.2) is 0 Å². The quantitative estimate of drug-likeness (QED) is 0.233. The van der Waals surface area contributed by atoms with Gasteiger partial charge in [-0.25, -0.2) is 4.98 Å². The minimum atomic E-state index is -0.283. The molecule has 42 heavy (non-hydrogen) atoms. The van der Waals surface area contributed by atoms with Crippen LogP contribution in [-0.2, 0) is 22.6 Å². The minimum absolute atomic E-state index is 0.134. The number of anilines is 1. The molecule has 0 amide bonds. The second kappa shape index (κ2) is 12.2. The number of nitrogens with zero attached hydrogens (tertiary/aromatic N) is 4. The van der Waals surface area contributed by atoms with Crippen molar-refractivity contribution in [1.29, 1.82) is 0 Å². The molecule has 1 saturated heterocycles. The number of aliphatic hydroxyl groups is 1. The van der Waals surface area contributed by atoms with Crippen molar-refractivity contribution in [2.24, 2.45) is 0 Å². The number of benzene rings is 3. The molecule has 2 aromatic heterocycles. The topological polar surface area (TPSA) is 116 Å². The van der Waals surface area contributed by atoms with E-state index in [-0.39, 0.29) is 31.6 Å². The van der Waals surface area contributed by atoms with Gasteiger partial charge in [0.1, 0.15) is 18.2 Å². The van der Waals surface area contributed by atoms with Crippen LogP contribution in [0.1, 0.15) is 30.6 Å². The summed E-state index contributed by atoms with van der Waals surface area (Å²) in [5.41, 5.74) is 10.9. The lowest BCUT2D eigenvalue weighted by molar-refractivity contribution is -0.142. The molecule has 5 aromatic rings. The molecular formula is C33H35N5O4. The average Bonchev–Trinajstić information content (AvgIpc) is 3.61. The summed E-state index contributed by atoms with van der Waals surface area (Å²) in [6.45, 7) is 4.91. The zero-order valence-electron chi connectivity index (χ0n) is 23.7. The van der Waals surface area contributed by atoms with Gasteiger partial charge in [-0.05, 0) is 54.1 Å². The number of pyridine rings is 1. The first kappa shape index (κ1) is 27.7. The molecule has 216 valence electrons. The molecule has 0 saturated carbocycles. The first-order chi connectivity index (χ1) is 20.6. The molecule has 1 fully saturated rings. The number of fused-ring (bicyclic) bond motifs is 2. The minimum Gasteiger partial charge on any atom is -0.487 e. The van der Waals surface area contributed by atoms with Crippen LogP contribution in [-0.4, -0.2) is 63.6 Å². The number of likely N-dealkylation sites (tertiary alicyclic amines) is 1. The molecule has 9 heteroatoms. The van der Waals surface area contributed by atoms with E-state index in [2.05, 4.69) is 38.8 Å². The van der Waals surface area contributed by atoms with E-state index in [1.807, 2.05) is 42.5 Å². The van der Waals surface area contributed by atoms with E-state index in [9.17, 15) is 9.90 Å². The number of hydrogen-bond donors (Lipinski definition) is 2. The Morgan fingerprint density at radius 3 is 2.81 bits per heavy atom. The standard InChI is InChI=1S/C33H35N5O4/c1-2-41-32(40)19-23-6-3-4-9-31(23)42-21-30-28-18-22(25-7-5-8-27-26(25)12-14-35-33(27)34)10-11-29(28)36-38(30)24-13-15-37(20-24)16-17-39/h3-12,14,18,24,39H,2,13,15-17,19-21H2,1H3,(H2,34,35)/t24-/m0/s1. The number of nitrogen functional groups attached to an aromatic ring is 1. The summed E-state index contributed by atoms with van der Waals surface area (Å²) in [6, 6.07) is 22.1. The summed E-state index contributed by atoms with van der Waals surface area (Å²) in [4.78, 5) is 18.8. The number of carbonyl (C=O) groups excluding carboxylic acids is 1. The highest BCUT2D eigenvalue weighted by molar-refractivity contribution is 6.02. The van der Waals surface area contributed by atoms with Crippen molar-refractivity contribution in [3.63, 3.8) is 0 Å². The molecule has 0 spiro atoms. The lowest BCUT2D eigenvalue weighted by Gasteiger charge is -2.18. The molecule has 0 unspecified atom stereocenters. The highest BCUT2D eigenvalue weighted by atomic mass is 16.5. The highest BCUT2D eigenvalue weighted by Crippen LogP contribution is 2.35. The fourth-order valence-electron chi connectivity index (χ4n) is 5.91. The van der Waals surface area contributed by atoms with E-state index < -0.39 is 0 Å². The number of para-hydroxylation sites is 1. The van der Waals surface area contributed by atoms with E-state index in [0.717, 1.165) is 63.6 Å². The van der Waals surface area contributed by atoms with E-state index in [0.29, 0.717) is 24.7 Å². The first-order valence-electron chi connectivity index (χ1n) is 14.4. The maximum atomic E-state index is 12.2. The molecule has 1 aliphatic heterocycles. The summed E-state index contributed by atoms with van der Waals surface area (Å²) in [5, 5.41) is 17.5. The third-order valence-corrected chi connectivity index (χ3v) is 7.93. The number of nitrogens with two attached hydrogens (primary N) is 1. The molecule has 3 heterocycles.